The summed E-state index contributed by atoms with van der Waals surface area (Å²) in [7, 11) is 0. The van der Waals surface area contributed by atoms with Crippen LogP contribution in [0.3, 0.4) is 0 Å². The maximum atomic E-state index is 6.00. The van der Waals surface area contributed by atoms with Crippen LogP contribution in [0.2, 0.25) is 5.02 Å². The van der Waals surface area contributed by atoms with Crippen molar-refractivity contribution in [1.82, 2.24) is 4.98 Å². The average Bonchev–Trinajstić information content (AvgIpc) is 2.65. The number of benzene rings is 1. The van der Waals surface area contributed by atoms with Crippen LogP contribution in [0, 0.1) is 11.3 Å². The van der Waals surface area contributed by atoms with E-state index in [0.29, 0.717) is 17.3 Å². The predicted molar refractivity (Wildman–Crippen MR) is 72.4 cm³/mol. The van der Waals surface area contributed by atoms with E-state index < -0.39 is 0 Å². The molecule has 2 aromatic rings. The Morgan fingerprint density at radius 3 is 2.76 bits per heavy atom. The molecule has 1 aliphatic rings. The second-order valence-electron chi connectivity index (χ2n) is 5.60. The van der Waals surface area contributed by atoms with Crippen molar-refractivity contribution in [3.63, 3.8) is 0 Å². The van der Waals surface area contributed by atoms with Gasteiger partial charge in [-0.25, -0.2) is 0 Å². The summed E-state index contributed by atoms with van der Waals surface area (Å²) in [6.07, 6.45) is 0. The van der Waals surface area contributed by atoms with E-state index in [2.05, 4.69) is 24.9 Å². The van der Waals surface area contributed by atoms with Gasteiger partial charge in [-0.05, 0) is 42.1 Å². The van der Waals surface area contributed by atoms with E-state index in [9.17, 15) is 0 Å². The summed E-state index contributed by atoms with van der Waals surface area (Å²) in [5.74, 6) is 1.14. The fourth-order valence-corrected chi connectivity index (χ4v) is 3.28. The topological polar surface area (TPSA) is 41.8 Å². The van der Waals surface area contributed by atoms with Crippen molar-refractivity contribution in [3.8, 4) is 0 Å². The highest BCUT2D eigenvalue weighted by Gasteiger charge is 2.57. The van der Waals surface area contributed by atoms with Gasteiger partial charge in [-0.3, -0.25) is 0 Å². The summed E-state index contributed by atoms with van der Waals surface area (Å²) < 4.78 is 0. The minimum Gasteiger partial charge on any atom is -0.358 e. The highest BCUT2D eigenvalue weighted by molar-refractivity contribution is 6.31. The molecule has 1 aliphatic carbocycles. The molecule has 0 spiro atoms. The molecule has 1 aromatic heterocycles. The Balaban J connectivity index is 2.03. The lowest BCUT2D eigenvalue weighted by atomic mass is 10.1. The third kappa shape index (κ3) is 1.59. The van der Waals surface area contributed by atoms with Gasteiger partial charge in [0.1, 0.15) is 0 Å². The molecular weight excluding hydrogens is 232 g/mol. The van der Waals surface area contributed by atoms with E-state index in [4.69, 9.17) is 17.3 Å². The summed E-state index contributed by atoms with van der Waals surface area (Å²) in [6.45, 7) is 5.33. The quantitative estimate of drug-likeness (QED) is 0.839. The Bertz CT molecular complexity index is 571. The molecule has 0 saturated heterocycles. The first kappa shape index (κ1) is 11.1. The molecule has 3 heteroatoms. The molecule has 1 saturated carbocycles. The average molecular weight is 249 g/mol. The molecule has 0 bridgehead atoms. The van der Waals surface area contributed by atoms with Crippen molar-refractivity contribution in [2.45, 2.75) is 19.8 Å². The first-order valence-electron chi connectivity index (χ1n) is 6.02. The molecule has 0 aliphatic heterocycles. The van der Waals surface area contributed by atoms with Crippen molar-refractivity contribution in [2.24, 2.45) is 17.1 Å². The van der Waals surface area contributed by atoms with Crippen LogP contribution < -0.4 is 5.73 Å². The lowest BCUT2D eigenvalue weighted by Gasteiger charge is -1.99. The number of aromatic nitrogens is 1. The number of halogens is 1. The maximum absolute atomic E-state index is 6.00. The van der Waals surface area contributed by atoms with Gasteiger partial charge in [-0.15, -0.1) is 0 Å². The van der Waals surface area contributed by atoms with Gasteiger partial charge in [-0.2, -0.15) is 0 Å². The zero-order chi connectivity index (χ0) is 12.2. The first-order valence-corrected chi connectivity index (χ1v) is 6.40. The number of rotatable bonds is 2. The Morgan fingerprint density at radius 1 is 1.35 bits per heavy atom. The van der Waals surface area contributed by atoms with Crippen LogP contribution in [0.25, 0.3) is 10.9 Å². The highest BCUT2D eigenvalue weighted by atomic mass is 35.5. The smallest absolute Gasteiger partial charge is 0.0457 e. The molecule has 17 heavy (non-hydrogen) atoms. The number of H-pyrrole nitrogens is 1. The van der Waals surface area contributed by atoms with E-state index in [1.54, 1.807) is 0 Å². The monoisotopic (exact) mass is 248 g/mol. The van der Waals surface area contributed by atoms with Crippen molar-refractivity contribution in [2.75, 3.05) is 6.54 Å². The number of hydrogen-bond donors (Lipinski definition) is 2. The van der Waals surface area contributed by atoms with Crippen LogP contribution in [0.4, 0.5) is 0 Å². The van der Waals surface area contributed by atoms with Crippen molar-refractivity contribution >= 4 is 22.5 Å². The molecule has 3 rings (SSSR count). The molecule has 1 heterocycles. The second kappa shape index (κ2) is 3.50. The molecule has 2 atom stereocenters. The zero-order valence-electron chi connectivity index (χ0n) is 10.1. The summed E-state index contributed by atoms with van der Waals surface area (Å²) >= 11 is 6.00. The normalized spacial score (nSPS) is 26.4. The largest absolute Gasteiger partial charge is 0.358 e. The molecule has 2 nitrogen and oxygen atoms in total. The van der Waals surface area contributed by atoms with E-state index >= 15 is 0 Å². The molecule has 0 unspecified atom stereocenters. The van der Waals surface area contributed by atoms with Crippen LogP contribution in [-0.4, -0.2) is 11.5 Å². The van der Waals surface area contributed by atoms with E-state index in [-0.39, 0.29) is 0 Å². The van der Waals surface area contributed by atoms with Gasteiger partial charge < -0.3 is 10.7 Å². The van der Waals surface area contributed by atoms with Gasteiger partial charge in [0.15, 0.2) is 0 Å². The summed E-state index contributed by atoms with van der Waals surface area (Å²) in [5.41, 5.74) is 8.59. The van der Waals surface area contributed by atoms with Gasteiger partial charge in [-0.1, -0.05) is 25.4 Å². The standard InChI is InChI=1S/C14H17ClN2/c1-14(2)10(7-16)13(14)12-6-8-5-9(15)3-4-11(8)17-12/h3-6,10,13,17H,7,16H2,1-2H3/t10-,13+/m0/s1. The molecule has 1 fully saturated rings. The number of fused-ring (bicyclic) bond motifs is 1. The summed E-state index contributed by atoms with van der Waals surface area (Å²) in [5, 5.41) is 1.97. The molecule has 90 valence electrons. The van der Waals surface area contributed by atoms with Crippen molar-refractivity contribution in [1.29, 1.82) is 0 Å². The fraction of sp³-hybridized carbons (Fsp3) is 0.429. The lowest BCUT2D eigenvalue weighted by Crippen LogP contribution is -2.05. The second-order valence-corrected chi connectivity index (χ2v) is 6.03. The number of nitrogens with two attached hydrogens (primary N) is 1. The molecule has 0 amide bonds. The minimum atomic E-state index is 0.319. The van der Waals surface area contributed by atoms with Gasteiger partial charge in [0.2, 0.25) is 0 Å². The SMILES string of the molecule is CC1(C)[C@@H](CN)[C@@H]1c1cc2cc(Cl)ccc2[nH]1. The number of aromatic amines is 1. The van der Waals surface area contributed by atoms with Crippen LogP contribution in [0.1, 0.15) is 25.5 Å². The van der Waals surface area contributed by atoms with Crippen molar-refractivity contribution < 1.29 is 0 Å². The van der Waals surface area contributed by atoms with Gasteiger partial charge in [0.25, 0.3) is 0 Å². The Morgan fingerprint density at radius 2 is 2.12 bits per heavy atom. The van der Waals surface area contributed by atoms with Crippen LogP contribution in [0.15, 0.2) is 24.3 Å². The third-order valence-corrected chi connectivity index (χ3v) is 4.48. The first-order chi connectivity index (χ1) is 8.04. The lowest BCUT2D eigenvalue weighted by molar-refractivity contribution is 0.558. The van der Waals surface area contributed by atoms with Crippen LogP contribution in [-0.2, 0) is 0 Å². The number of hydrogen-bond acceptors (Lipinski definition) is 1. The predicted octanol–water partition coefficient (Wildman–Crippen LogP) is 3.52. The van der Waals surface area contributed by atoms with Crippen LogP contribution >= 0.6 is 11.6 Å². The van der Waals surface area contributed by atoms with Gasteiger partial charge in [0, 0.05) is 27.5 Å². The third-order valence-electron chi connectivity index (χ3n) is 4.24. The maximum Gasteiger partial charge on any atom is 0.0457 e. The molecule has 0 radical (unpaired) electrons. The Labute approximate surface area is 106 Å². The minimum absolute atomic E-state index is 0.319. The fourth-order valence-electron chi connectivity index (χ4n) is 3.09. The molecule has 3 N–H and O–H groups in total. The van der Waals surface area contributed by atoms with E-state index in [1.165, 1.54) is 11.1 Å². The van der Waals surface area contributed by atoms with Crippen LogP contribution in [0.5, 0.6) is 0 Å². The highest BCUT2D eigenvalue weighted by Crippen LogP contribution is 2.63. The van der Waals surface area contributed by atoms with E-state index in [0.717, 1.165) is 17.1 Å². The zero-order valence-corrected chi connectivity index (χ0v) is 10.9. The summed E-state index contributed by atoms with van der Waals surface area (Å²) in [4.78, 5) is 3.49. The van der Waals surface area contributed by atoms with Gasteiger partial charge in [0.05, 0.1) is 0 Å². The summed E-state index contributed by atoms with van der Waals surface area (Å²) in [6, 6.07) is 8.17. The Hall–Kier alpha value is -0.990. The van der Waals surface area contributed by atoms with Gasteiger partial charge >= 0.3 is 0 Å². The van der Waals surface area contributed by atoms with E-state index in [1.807, 2.05) is 18.2 Å². The molecule has 1 aromatic carbocycles. The number of nitrogens with one attached hydrogen (secondary N) is 1. The molecular formula is C14H17ClN2. The van der Waals surface area contributed by atoms with Crippen molar-refractivity contribution in [3.05, 3.63) is 35.0 Å². The Kier molecular flexibility index (Phi) is 2.29.